The Morgan fingerprint density at radius 2 is 1.71 bits per heavy atom. The molecular weight excluding hydrogens is 145 g/mol. The SMILES string of the molecule is F.NS(=O)(=O)CCl. The smallest absolute Gasteiger partial charge is 0.223 e. The van der Waals surface area contributed by atoms with Crippen molar-refractivity contribution in [2.45, 2.75) is 0 Å². The maximum Gasteiger partial charge on any atom is 0.223 e. The Labute approximate surface area is 45.9 Å². The van der Waals surface area contributed by atoms with Crippen LogP contribution in [-0.4, -0.2) is 13.6 Å². The van der Waals surface area contributed by atoms with Crippen molar-refractivity contribution in [2.75, 3.05) is 5.21 Å². The summed E-state index contributed by atoms with van der Waals surface area (Å²) < 4.78 is 19.3. The third-order valence-corrected chi connectivity index (χ3v) is 1.37. The van der Waals surface area contributed by atoms with Gasteiger partial charge in [-0.3, -0.25) is 4.70 Å². The van der Waals surface area contributed by atoms with Crippen LogP contribution in [0.4, 0.5) is 4.70 Å². The molecule has 0 aromatic carbocycles. The molecule has 2 N–H and O–H groups in total. The van der Waals surface area contributed by atoms with Gasteiger partial charge in [0.05, 0.1) is 0 Å². The summed E-state index contributed by atoms with van der Waals surface area (Å²) in [7, 11) is -3.40. The van der Waals surface area contributed by atoms with E-state index in [9.17, 15) is 8.42 Å². The average molecular weight is 150 g/mol. The van der Waals surface area contributed by atoms with E-state index in [1.165, 1.54) is 0 Å². The summed E-state index contributed by atoms with van der Waals surface area (Å²) in [4.78, 5) is 0. The van der Waals surface area contributed by atoms with Gasteiger partial charge in [0.25, 0.3) is 0 Å². The van der Waals surface area contributed by atoms with Crippen LogP contribution < -0.4 is 5.14 Å². The molecule has 0 saturated heterocycles. The molecule has 0 spiro atoms. The van der Waals surface area contributed by atoms with Crippen LogP contribution in [0.2, 0.25) is 0 Å². The quantitative estimate of drug-likeness (QED) is 0.517. The normalized spacial score (nSPS) is 10.0. The standard InChI is InChI=1S/CH4ClNO2S.FH/c2-1-6(3,4)5;/h1H2,(H2,3,4,5);1H. The number of hydrogen-bond acceptors (Lipinski definition) is 2. The van der Waals surface area contributed by atoms with Gasteiger partial charge in [-0.05, 0) is 0 Å². The molecule has 3 nitrogen and oxygen atoms in total. The van der Waals surface area contributed by atoms with Crippen LogP contribution in [-0.2, 0) is 10.0 Å². The first-order chi connectivity index (χ1) is 2.56. The van der Waals surface area contributed by atoms with Crippen LogP contribution >= 0.6 is 11.6 Å². The fourth-order valence-electron chi connectivity index (χ4n) is 0. The second-order valence-corrected chi connectivity index (χ2v) is 2.97. The van der Waals surface area contributed by atoms with Crippen molar-refractivity contribution in [3.8, 4) is 0 Å². The molecule has 0 fully saturated rings. The van der Waals surface area contributed by atoms with E-state index in [1.54, 1.807) is 0 Å². The largest absolute Gasteiger partial charge is 0.269 e. The molecule has 0 amide bonds. The number of hydrogen-bond donors (Lipinski definition) is 1. The Morgan fingerprint density at radius 1 is 1.57 bits per heavy atom. The van der Waals surface area contributed by atoms with Gasteiger partial charge in [-0.1, -0.05) is 0 Å². The van der Waals surface area contributed by atoms with Gasteiger partial charge in [0.2, 0.25) is 10.0 Å². The van der Waals surface area contributed by atoms with Crippen LogP contribution in [0.1, 0.15) is 0 Å². The maximum atomic E-state index is 9.65. The molecule has 0 atom stereocenters. The Morgan fingerprint density at radius 3 is 1.71 bits per heavy atom. The van der Waals surface area contributed by atoms with Crippen molar-refractivity contribution in [1.82, 2.24) is 0 Å². The van der Waals surface area contributed by atoms with E-state index >= 15 is 0 Å². The lowest BCUT2D eigenvalue weighted by Gasteiger charge is -1.79. The fourth-order valence-corrected chi connectivity index (χ4v) is 0. The van der Waals surface area contributed by atoms with Crippen LogP contribution in [0, 0.1) is 0 Å². The predicted molar refractivity (Wildman–Crippen MR) is 26.3 cm³/mol. The summed E-state index contributed by atoms with van der Waals surface area (Å²) in [5.41, 5.74) is 0. The lowest BCUT2D eigenvalue weighted by Crippen LogP contribution is -2.12. The fraction of sp³-hybridized carbons (Fsp3) is 1.00. The van der Waals surface area contributed by atoms with Crippen LogP contribution in [0.5, 0.6) is 0 Å². The van der Waals surface area contributed by atoms with E-state index in [0.717, 1.165) is 0 Å². The summed E-state index contributed by atoms with van der Waals surface area (Å²) in [6, 6.07) is 0. The van der Waals surface area contributed by atoms with Crippen molar-refractivity contribution in [3.63, 3.8) is 0 Å². The topological polar surface area (TPSA) is 60.2 Å². The molecule has 0 rings (SSSR count). The van der Waals surface area contributed by atoms with Gasteiger partial charge in [-0.15, -0.1) is 11.6 Å². The van der Waals surface area contributed by atoms with Crippen molar-refractivity contribution in [2.24, 2.45) is 5.14 Å². The number of primary sulfonamides is 1. The van der Waals surface area contributed by atoms with Crippen molar-refractivity contribution in [1.29, 1.82) is 0 Å². The Balaban J connectivity index is 0. The van der Waals surface area contributed by atoms with Gasteiger partial charge >= 0.3 is 0 Å². The first kappa shape index (κ1) is 10.2. The van der Waals surface area contributed by atoms with Crippen molar-refractivity contribution < 1.29 is 13.1 Å². The Kier molecular flexibility index (Phi) is 4.62. The highest BCUT2D eigenvalue weighted by Crippen LogP contribution is 1.78. The molecule has 0 aliphatic carbocycles. The highest BCUT2D eigenvalue weighted by Gasteiger charge is 1.93. The van der Waals surface area contributed by atoms with Crippen LogP contribution in [0.25, 0.3) is 0 Å². The Hall–Kier alpha value is 0.130. The summed E-state index contributed by atoms with van der Waals surface area (Å²) in [5.74, 6) is 0. The van der Waals surface area contributed by atoms with E-state index < -0.39 is 15.2 Å². The zero-order chi connectivity index (χ0) is 5.21. The van der Waals surface area contributed by atoms with Crippen LogP contribution in [0.3, 0.4) is 0 Å². The molecule has 0 aliphatic heterocycles. The number of sulfonamides is 1. The zero-order valence-electron chi connectivity index (χ0n) is 3.30. The Bertz CT molecular complexity index is 120. The summed E-state index contributed by atoms with van der Waals surface area (Å²) in [6.45, 7) is 0. The second kappa shape index (κ2) is 3.17. The molecule has 0 bridgehead atoms. The van der Waals surface area contributed by atoms with E-state index in [1.807, 2.05) is 0 Å². The molecule has 46 valence electrons. The second-order valence-electron chi connectivity index (χ2n) is 0.772. The third-order valence-electron chi connectivity index (χ3n) is 0.152. The average Bonchev–Trinajstić information content (AvgIpc) is 1.35. The van der Waals surface area contributed by atoms with Crippen molar-refractivity contribution in [3.05, 3.63) is 0 Å². The molecular formula is CH5ClFNO2S. The maximum absolute atomic E-state index is 9.65. The van der Waals surface area contributed by atoms with Gasteiger partial charge in [0.1, 0.15) is 5.21 Å². The first-order valence-electron chi connectivity index (χ1n) is 1.12. The number of halogens is 2. The molecule has 0 aliphatic rings. The minimum atomic E-state index is -3.40. The van der Waals surface area contributed by atoms with Gasteiger partial charge in [0, 0.05) is 0 Å². The van der Waals surface area contributed by atoms with E-state index in [-0.39, 0.29) is 4.70 Å². The lowest BCUT2D eigenvalue weighted by atomic mass is 11.9. The highest BCUT2D eigenvalue weighted by molar-refractivity contribution is 7.90. The predicted octanol–water partition coefficient (Wildman–Crippen LogP) is -0.376. The van der Waals surface area contributed by atoms with E-state index in [0.29, 0.717) is 0 Å². The van der Waals surface area contributed by atoms with E-state index in [2.05, 4.69) is 5.14 Å². The van der Waals surface area contributed by atoms with Gasteiger partial charge in [0.15, 0.2) is 0 Å². The van der Waals surface area contributed by atoms with Crippen LogP contribution in [0.15, 0.2) is 0 Å². The molecule has 0 unspecified atom stereocenters. The number of alkyl halides is 1. The molecule has 0 saturated carbocycles. The molecule has 0 radical (unpaired) electrons. The highest BCUT2D eigenvalue weighted by atomic mass is 35.5. The zero-order valence-corrected chi connectivity index (χ0v) is 4.87. The third kappa shape index (κ3) is 10.7. The summed E-state index contributed by atoms with van der Waals surface area (Å²) >= 11 is 4.76. The van der Waals surface area contributed by atoms with E-state index in [4.69, 9.17) is 11.6 Å². The molecule has 0 aromatic heterocycles. The van der Waals surface area contributed by atoms with Gasteiger partial charge in [-0.2, -0.15) is 0 Å². The molecule has 7 heavy (non-hydrogen) atoms. The monoisotopic (exact) mass is 149 g/mol. The molecule has 0 aromatic rings. The molecule has 6 heteroatoms. The number of rotatable bonds is 1. The van der Waals surface area contributed by atoms with Crippen molar-refractivity contribution >= 4 is 21.6 Å². The van der Waals surface area contributed by atoms with Gasteiger partial charge < -0.3 is 0 Å². The van der Waals surface area contributed by atoms with Gasteiger partial charge in [-0.25, -0.2) is 13.6 Å². The lowest BCUT2D eigenvalue weighted by molar-refractivity contribution is 0.602. The molecule has 0 heterocycles. The summed E-state index contributed by atoms with van der Waals surface area (Å²) in [5, 5.41) is 3.87. The summed E-state index contributed by atoms with van der Waals surface area (Å²) in [6.07, 6.45) is 0. The number of nitrogens with two attached hydrogens (primary N) is 1. The first-order valence-corrected chi connectivity index (χ1v) is 3.37. The minimum absolute atomic E-state index is 0. The minimum Gasteiger partial charge on any atom is -0.269 e.